The Bertz CT molecular complexity index is 583. The molecule has 1 heterocycles. The first-order chi connectivity index (χ1) is 8.61. The highest BCUT2D eigenvalue weighted by atomic mass is 16.5. The van der Waals surface area contributed by atoms with Crippen molar-refractivity contribution in [3.63, 3.8) is 0 Å². The molecule has 1 unspecified atom stereocenters. The van der Waals surface area contributed by atoms with Gasteiger partial charge in [0.2, 0.25) is 5.88 Å². The fraction of sp³-hybridized carbons (Fsp3) is 0.308. The molecule has 1 aromatic heterocycles. The summed E-state index contributed by atoms with van der Waals surface area (Å²) in [5, 5.41) is 9.65. The number of aromatic carboxylic acids is 1. The third kappa shape index (κ3) is 2.40. The van der Waals surface area contributed by atoms with Gasteiger partial charge in [0.05, 0.1) is 22.6 Å². The maximum atomic E-state index is 10.9. The van der Waals surface area contributed by atoms with Crippen molar-refractivity contribution in [2.45, 2.75) is 26.4 Å². The minimum atomic E-state index is -0.972. The summed E-state index contributed by atoms with van der Waals surface area (Å²) in [6.07, 6.45) is 2.31. The first-order valence-corrected chi connectivity index (χ1v) is 5.76. The van der Waals surface area contributed by atoms with Crippen molar-refractivity contribution < 1.29 is 14.6 Å². The molecule has 0 saturated heterocycles. The molecular formula is C13H14N2O3. The monoisotopic (exact) mass is 246 g/mol. The summed E-state index contributed by atoms with van der Waals surface area (Å²) >= 11 is 0. The van der Waals surface area contributed by atoms with E-state index in [4.69, 9.17) is 9.84 Å². The summed E-state index contributed by atoms with van der Waals surface area (Å²) < 4.78 is 5.68. The van der Waals surface area contributed by atoms with Crippen LogP contribution in [0.1, 0.15) is 30.6 Å². The van der Waals surface area contributed by atoms with E-state index in [0.717, 1.165) is 11.8 Å². The number of fused-ring (bicyclic) bond motifs is 1. The maximum Gasteiger partial charge on any atom is 0.335 e. The maximum absolute atomic E-state index is 10.9. The molecule has 5 nitrogen and oxygen atoms in total. The van der Waals surface area contributed by atoms with Crippen molar-refractivity contribution in [1.29, 1.82) is 0 Å². The summed E-state index contributed by atoms with van der Waals surface area (Å²) in [4.78, 5) is 19.0. The number of aromatic nitrogens is 2. The average molecular weight is 246 g/mol. The quantitative estimate of drug-likeness (QED) is 0.897. The molecule has 1 N–H and O–H groups in total. The second kappa shape index (κ2) is 5.00. The van der Waals surface area contributed by atoms with E-state index in [2.05, 4.69) is 9.97 Å². The van der Waals surface area contributed by atoms with Crippen LogP contribution < -0.4 is 4.74 Å². The summed E-state index contributed by atoms with van der Waals surface area (Å²) in [6.45, 7) is 3.98. The Kier molecular flexibility index (Phi) is 3.41. The molecule has 94 valence electrons. The first kappa shape index (κ1) is 12.3. The lowest BCUT2D eigenvalue weighted by molar-refractivity contribution is 0.0697. The van der Waals surface area contributed by atoms with Crippen LogP contribution in [0.4, 0.5) is 0 Å². The van der Waals surface area contributed by atoms with Gasteiger partial charge in [0.1, 0.15) is 6.33 Å². The van der Waals surface area contributed by atoms with Crippen LogP contribution in [0.25, 0.3) is 10.9 Å². The molecule has 0 spiro atoms. The number of nitrogens with zero attached hydrogens (tertiary/aromatic N) is 2. The van der Waals surface area contributed by atoms with Gasteiger partial charge in [-0.3, -0.25) is 0 Å². The summed E-state index contributed by atoms with van der Waals surface area (Å²) in [6, 6.07) is 4.72. The molecule has 5 heteroatoms. The van der Waals surface area contributed by atoms with E-state index in [1.165, 1.54) is 18.5 Å². The highest BCUT2D eigenvalue weighted by molar-refractivity contribution is 5.94. The SMILES string of the molecule is CCC(C)Oc1ncnc2cc(C(=O)O)ccc12. The van der Waals surface area contributed by atoms with Gasteiger partial charge in [0.25, 0.3) is 0 Å². The Labute approximate surface area is 104 Å². The van der Waals surface area contributed by atoms with Crippen LogP contribution in [-0.4, -0.2) is 27.1 Å². The standard InChI is InChI=1S/C13H14N2O3/c1-3-8(2)18-12-10-5-4-9(13(16)17)6-11(10)14-7-15-12/h4-8H,3H2,1-2H3,(H,16,17). The highest BCUT2D eigenvalue weighted by Gasteiger charge is 2.10. The molecule has 0 aliphatic carbocycles. The lowest BCUT2D eigenvalue weighted by Crippen LogP contribution is -2.11. The second-order valence-corrected chi connectivity index (χ2v) is 4.05. The smallest absolute Gasteiger partial charge is 0.335 e. The van der Waals surface area contributed by atoms with E-state index in [-0.39, 0.29) is 11.7 Å². The Balaban J connectivity index is 2.47. The Morgan fingerprint density at radius 1 is 1.44 bits per heavy atom. The third-order valence-corrected chi connectivity index (χ3v) is 2.73. The van der Waals surface area contributed by atoms with Crippen LogP contribution in [0.15, 0.2) is 24.5 Å². The van der Waals surface area contributed by atoms with Crippen LogP contribution in [0.3, 0.4) is 0 Å². The molecule has 2 rings (SSSR count). The first-order valence-electron chi connectivity index (χ1n) is 5.76. The Morgan fingerprint density at radius 3 is 2.89 bits per heavy atom. The number of benzene rings is 1. The molecule has 0 aliphatic rings. The van der Waals surface area contributed by atoms with Crippen molar-refractivity contribution >= 4 is 16.9 Å². The average Bonchev–Trinajstić information content (AvgIpc) is 2.38. The van der Waals surface area contributed by atoms with Crippen LogP contribution in [0.5, 0.6) is 5.88 Å². The second-order valence-electron chi connectivity index (χ2n) is 4.05. The van der Waals surface area contributed by atoms with E-state index in [1.54, 1.807) is 6.07 Å². The molecule has 1 atom stereocenters. The van der Waals surface area contributed by atoms with E-state index >= 15 is 0 Å². The predicted molar refractivity (Wildman–Crippen MR) is 66.9 cm³/mol. The van der Waals surface area contributed by atoms with Gasteiger partial charge >= 0.3 is 5.97 Å². The third-order valence-electron chi connectivity index (χ3n) is 2.73. The molecule has 1 aromatic carbocycles. The Morgan fingerprint density at radius 2 is 2.22 bits per heavy atom. The largest absolute Gasteiger partial charge is 0.478 e. The van der Waals surface area contributed by atoms with Gasteiger partial charge in [-0.2, -0.15) is 0 Å². The lowest BCUT2D eigenvalue weighted by Gasteiger charge is -2.12. The van der Waals surface area contributed by atoms with Gasteiger partial charge in [-0.05, 0) is 31.5 Å². The van der Waals surface area contributed by atoms with Crippen LogP contribution in [0.2, 0.25) is 0 Å². The summed E-state index contributed by atoms with van der Waals surface area (Å²) in [5.74, 6) is -0.480. The van der Waals surface area contributed by atoms with E-state index < -0.39 is 5.97 Å². The van der Waals surface area contributed by atoms with Crippen molar-refractivity contribution in [2.75, 3.05) is 0 Å². The highest BCUT2D eigenvalue weighted by Crippen LogP contribution is 2.23. The molecule has 18 heavy (non-hydrogen) atoms. The van der Waals surface area contributed by atoms with Gasteiger partial charge < -0.3 is 9.84 Å². The van der Waals surface area contributed by atoms with Crippen molar-refractivity contribution in [2.24, 2.45) is 0 Å². The van der Waals surface area contributed by atoms with Gasteiger partial charge in [-0.1, -0.05) is 6.92 Å². The fourth-order valence-corrected chi connectivity index (χ4v) is 1.53. The lowest BCUT2D eigenvalue weighted by atomic mass is 10.1. The van der Waals surface area contributed by atoms with Crippen LogP contribution in [0, 0.1) is 0 Å². The number of carboxylic acid groups (broad SMARTS) is 1. The van der Waals surface area contributed by atoms with E-state index in [1.807, 2.05) is 13.8 Å². The fourth-order valence-electron chi connectivity index (χ4n) is 1.53. The molecule has 0 aliphatic heterocycles. The van der Waals surface area contributed by atoms with E-state index in [9.17, 15) is 4.79 Å². The van der Waals surface area contributed by atoms with Gasteiger partial charge in [-0.25, -0.2) is 14.8 Å². The van der Waals surface area contributed by atoms with Gasteiger partial charge in [-0.15, -0.1) is 0 Å². The predicted octanol–water partition coefficient (Wildman–Crippen LogP) is 2.51. The van der Waals surface area contributed by atoms with Crippen molar-refractivity contribution in [1.82, 2.24) is 9.97 Å². The minimum absolute atomic E-state index is 0.0576. The van der Waals surface area contributed by atoms with E-state index in [0.29, 0.717) is 11.4 Å². The number of carbonyl (C=O) groups is 1. The summed E-state index contributed by atoms with van der Waals surface area (Å²) in [5.41, 5.74) is 0.777. The molecule has 0 fully saturated rings. The molecule has 0 amide bonds. The molecule has 0 bridgehead atoms. The molecule has 2 aromatic rings. The number of carboxylic acids is 1. The minimum Gasteiger partial charge on any atom is -0.478 e. The zero-order chi connectivity index (χ0) is 13.1. The van der Waals surface area contributed by atoms with Crippen molar-refractivity contribution in [3.05, 3.63) is 30.1 Å². The summed E-state index contributed by atoms with van der Waals surface area (Å²) in [7, 11) is 0. The number of rotatable bonds is 4. The zero-order valence-electron chi connectivity index (χ0n) is 10.3. The van der Waals surface area contributed by atoms with Crippen molar-refractivity contribution in [3.8, 4) is 5.88 Å². The van der Waals surface area contributed by atoms with Gasteiger partial charge in [0, 0.05) is 0 Å². The number of ether oxygens (including phenoxy) is 1. The topological polar surface area (TPSA) is 72.3 Å². The van der Waals surface area contributed by atoms with Crippen LogP contribution >= 0.6 is 0 Å². The number of hydrogen-bond donors (Lipinski definition) is 1. The van der Waals surface area contributed by atoms with Crippen LogP contribution in [-0.2, 0) is 0 Å². The molecule has 0 saturated carbocycles. The normalized spacial score (nSPS) is 12.3. The Hall–Kier alpha value is -2.17. The molecular weight excluding hydrogens is 232 g/mol. The van der Waals surface area contributed by atoms with Gasteiger partial charge in [0.15, 0.2) is 0 Å². The number of hydrogen-bond acceptors (Lipinski definition) is 4. The molecule has 0 radical (unpaired) electrons. The zero-order valence-corrected chi connectivity index (χ0v) is 10.3.